The van der Waals surface area contributed by atoms with E-state index in [9.17, 15) is 4.79 Å². The Morgan fingerprint density at radius 3 is 2.68 bits per heavy atom. The van der Waals surface area contributed by atoms with Gasteiger partial charge >= 0.3 is 5.97 Å². The van der Waals surface area contributed by atoms with E-state index in [0.29, 0.717) is 12.6 Å². The molecule has 0 radical (unpaired) electrons. The number of carboxylic acids is 1. The zero-order valence-electron chi connectivity index (χ0n) is 12.3. The van der Waals surface area contributed by atoms with Crippen LogP contribution in [0.2, 0.25) is 0 Å². The predicted molar refractivity (Wildman–Crippen MR) is 76.4 cm³/mol. The number of rotatable bonds is 11. The van der Waals surface area contributed by atoms with Gasteiger partial charge in [-0.15, -0.1) is 0 Å². The molecular weight excluding hydrogens is 242 g/mol. The third-order valence-corrected chi connectivity index (χ3v) is 3.71. The Morgan fingerprint density at radius 1 is 1.26 bits per heavy atom. The molecule has 1 fully saturated rings. The molecule has 4 heteroatoms. The molecular formula is C15H29NO3. The second-order valence-corrected chi connectivity index (χ2v) is 5.49. The van der Waals surface area contributed by atoms with Crippen LogP contribution >= 0.6 is 0 Å². The number of hydrogen-bond acceptors (Lipinski definition) is 3. The van der Waals surface area contributed by atoms with Crippen LogP contribution in [-0.2, 0) is 9.53 Å². The fourth-order valence-electron chi connectivity index (χ4n) is 2.56. The van der Waals surface area contributed by atoms with Gasteiger partial charge in [0.2, 0.25) is 0 Å². The van der Waals surface area contributed by atoms with Gasteiger partial charge in [-0.05, 0) is 25.8 Å². The molecule has 0 spiro atoms. The first-order valence-electron chi connectivity index (χ1n) is 7.78. The minimum atomic E-state index is -0.705. The van der Waals surface area contributed by atoms with Gasteiger partial charge in [-0.25, -0.2) is 0 Å². The molecule has 1 aliphatic heterocycles. The molecule has 0 aliphatic carbocycles. The molecule has 1 rings (SSSR count). The topological polar surface area (TPSA) is 49.8 Å². The van der Waals surface area contributed by atoms with Crippen LogP contribution in [0.1, 0.15) is 58.3 Å². The number of nitrogens with zero attached hydrogens (tertiary/aromatic N) is 1. The molecule has 1 saturated heterocycles. The Hall–Kier alpha value is -0.610. The third-order valence-electron chi connectivity index (χ3n) is 3.71. The maximum atomic E-state index is 10.7. The molecule has 1 N–H and O–H groups in total. The van der Waals surface area contributed by atoms with Crippen LogP contribution in [0.3, 0.4) is 0 Å². The van der Waals surface area contributed by atoms with Gasteiger partial charge in [0.25, 0.3) is 0 Å². The molecule has 0 aromatic heterocycles. The summed E-state index contributed by atoms with van der Waals surface area (Å²) >= 11 is 0. The van der Waals surface area contributed by atoms with Gasteiger partial charge in [0, 0.05) is 19.7 Å². The average molecular weight is 271 g/mol. The molecule has 19 heavy (non-hydrogen) atoms. The van der Waals surface area contributed by atoms with E-state index < -0.39 is 5.97 Å². The smallest absolute Gasteiger partial charge is 0.304 e. The summed E-state index contributed by atoms with van der Waals surface area (Å²) in [5.74, 6) is -0.705. The van der Waals surface area contributed by atoms with Gasteiger partial charge < -0.3 is 14.7 Å². The van der Waals surface area contributed by atoms with E-state index in [0.717, 1.165) is 32.5 Å². The van der Waals surface area contributed by atoms with Crippen molar-refractivity contribution >= 4 is 5.97 Å². The number of hydrogen-bond donors (Lipinski definition) is 1. The van der Waals surface area contributed by atoms with Crippen molar-refractivity contribution in [1.82, 2.24) is 4.90 Å². The molecule has 1 aliphatic rings. The summed E-state index contributed by atoms with van der Waals surface area (Å²) < 4.78 is 5.65. The molecule has 0 amide bonds. The van der Waals surface area contributed by atoms with Crippen molar-refractivity contribution in [3.63, 3.8) is 0 Å². The lowest BCUT2D eigenvalue weighted by Gasteiger charge is -2.24. The molecule has 0 aromatic carbocycles. The van der Waals surface area contributed by atoms with E-state index in [4.69, 9.17) is 9.84 Å². The summed E-state index contributed by atoms with van der Waals surface area (Å²) in [6.45, 7) is 5.66. The summed E-state index contributed by atoms with van der Waals surface area (Å²) in [7, 11) is 0. The number of carboxylic acid groups (broad SMARTS) is 1. The highest BCUT2D eigenvalue weighted by Crippen LogP contribution is 2.14. The van der Waals surface area contributed by atoms with Gasteiger partial charge in [-0.2, -0.15) is 0 Å². The Kier molecular flexibility index (Phi) is 8.84. The first kappa shape index (κ1) is 16.4. The van der Waals surface area contributed by atoms with E-state index in [1.807, 2.05) is 0 Å². The minimum absolute atomic E-state index is 0.238. The van der Waals surface area contributed by atoms with Crippen molar-refractivity contribution in [3.8, 4) is 0 Å². The first-order valence-corrected chi connectivity index (χ1v) is 7.78. The molecule has 1 heterocycles. The molecule has 112 valence electrons. The molecule has 1 unspecified atom stereocenters. The monoisotopic (exact) mass is 271 g/mol. The van der Waals surface area contributed by atoms with Crippen LogP contribution in [0.5, 0.6) is 0 Å². The van der Waals surface area contributed by atoms with Crippen LogP contribution in [-0.4, -0.2) is 48.3 Å². The van der Waals surface area contributed by atoms with E-state index in [1.165, 1.54) is 32.1 Å². The lowest BCUT2D eigenvalue weighted by molar-refractivity contribution is -0.137. The average Bonchev–Trinajstić information content (AvgIpc) is 2.88. The minimum Gasteiger partial charge on any atom is -0.481 e. The molecule has 4 nitrogen and oxygen atoms in total. The largest absolute Gasteiger partial charge is 0.481 e. The zero-order valence-corrected chi connectivity index (χ0v) is 12.3. The highest BCUT2D eigenvalue weighted by atomic mass is 16.5. The van der Waals surface area contributed by atoms with Gasteiger partial charge in [0.15, 0.2) is 0 Å². The SMILES string of the molecule is CCCCCCCN(CCC(=O)O)CC1CCCO1. The van der Waals surface area contributed by atoms with Crippen LogP contribution in [0.25, 0.3) is 0 Å². The lowest BCUT2D eigenvalue weighted by atomic mass is 10.1. The molecule has 0 aromatic rings. The van der Waals surface area contributed by atoms with E-state index in [1.54, 1.807) is 0 Å². The number of aliphatic carboxylic acids is 1. The third kappa shape index (κ3) is 8.22. The highest BCUT2D eigenvalue weighted by molar-refractivity contribution is 5.66. The highest BCUT2D eigenvalue weighted by Gasteiger charge is 2.19. The van der Waals surface area contributed by atoms with E-state index >= 15 is 0 Å². The maximum Gasteiger partial charge on any atom is 0.304 e. The van der Waals surface area contributed by atoms with E-state index in [2.05, 4.69) is 11.8 Å². The summed E-state index contributed by atoms with van der Waals surface area (Å²) in [6.07, 6.45) is 9.12. The number of ether oxygens (including phenoxy) is 1. The molecule has 0 saturated carbocycles. The first-order chi connectivity index (χ1) is 9.22. The van der Waals surface area contributed by atoms with Crippen molar-refractivity contribution < 1.29 is 14.6 Å². The Bertz CT molecular complexity index is 240. The van der Waals surface area contributed by atoms with Crippen molar-refractivity contribution in [2.75, 3.05) is 26.2 Å². The summed E-state index contributed by atoms with van der Waals surface area (Å²) in [6, 6.07) is 0. The van der Waals surface area contributed by atoms with Crippen LogP contribution in [0, 0.1) is 0 Å². The summed E-state index contributed by atoms with van der Waals surface area (Å²) in [5, 5.41) is 8.81. The lowest BCUT2D eigenvalue weighted by Crippen LogP contribution is -2.34. The van der Waals surface area contributed by atoms with Crippen LogP contribution < -0.4 is 0 Å². The van der Waals surface area contributed by atoms with E-state index in [-0.39, 0.29) is 6.42 Å². The van der Waals surface area contributed by atoms with Gasteiger partial charge in [0.1, 0.15) is 0 Å². The maximum absolute atomic E-state index is 10.7. The Morgan fingerprint density at radius 2 is 2.05 bits per heavy atom. The van der Waals surface area contributed by atoms with Crippen LogP contribution in [0.4, 0.5) is 0 Å². The van der Waals surface area contributed by atoms with Gasteiger partial charge in [0.05, 0.1) is 12.5 Å². The second kappa shape index (κ2) is 10.2. The normalized spacial score (nSPS) is 19.2. The Labute approximate surface area is 117 Å². The fourth-order valence-corrected chi connectivity index (χ4v) is 2.56. The summed E-state index contributed by atoms with van der Waals surface area (Å²) in [4.78, 5) is 13.0. The number of unbranched alkanes of at least 4 members (excludes halogenated alkanes) is 4. The van der Waals surface area contributed by atoms with Crippen molar-refractivity contribution in [1.29, 1.82) is 0 Å². The summed E-state index contributed by atoms with van der Waals surface area (Å²) in [5.41, 5.74) is 0. The standard InChI is InChI=1S/C15H29NO3/c1-2-3-4-5-6-10-16(11-9-15(17)18)13-14-8-7-12-19-14/h14H,2-13H2,1H3,(H,17,18). The van der Waals surface area contributed by atoms with Crippen molar-refractivity contribution in [2.24, 2.45) is 0 Å². The number of carbonyl (C=O) groups is 1. The zero-order chi connectivity index (χ0) is 13.9. The Balaban J connectivity index is 2.20. The predicted octanol–water partition coefficient (Wildman–Crippen LogP) is 2.91. The van der Waals surface area contributed by atoms with Gasteiger partial charge in [-0.3, -0.25) is 4.79 Å². The molecule has 1 atom stereocenters. The second-order valence-electron chi connectivity index (χ2n) is 5.49. The van der Waals surface area contributed by atoms with Crippen molar-refractivity contribution in [2.45, 2.75) is 64.4 Å². The van der Waals surface area contributed by atoms with Gasteiger partial charge in [-0.1, -0.05) is 32.6 Å². The quantitative estimate of drug-likeness (QED) is 0.587. The van der Waals surface area contributed by atoms with Crippen molar-refractivity contribution in [3.05, 3.63) is 0 Å². The fraction of sp³-hybridized carbons (Fsp3) is 0.933. The molecule has 0 bridgehead atoms. The van der Waals surface area contributed by atoms with Crippen LogP contribution in [0.15, 0.2) is 0 Å².